The van der Waals surface area contributed by atoms with Crippen LogP contribution in [0.3, 0.4) is 0 Å². The van der Waals surface area contributed by atoms with Gasteiger partial charge in [0.1, 0.15) is 0 Å². The van der Waals surface area contributed by atoms with Crippen molar-refractivity contribution in [2.45, 2.75) is 6.42 Å². The van der Waals surface area contributed by atoms with Gasteiger partial charge >= 0.3 is 0 Å². The Kier molecular flexibility index (Phi) is 7.23. The lowest BCUT2D eigenvalue weighted by Gasteiger charge is -1.99. The van der Waals surface area contributed by atoms with Crippen LogP contribution in [-0.4, -0.2) is 41.1 Å². The summed E-state index contributed by atoms with van der Waals surface area (Å²) in [5.41, 5.74) is 0. The van der Waals surface area contributed by atoms with Gasteiger partial charge in [-0.3, -0.25) is 4.21 Å². The molecule has 3 nitrogen and oxygen atoms in total. The summed E-state index contributed by atoms with van der Waals surface area (Å²) in [6, 6.07) is 0. The second-order valence-electron chi connectivity index (χ2n) is 1.97. The smallest absolute Gasteiger partial charge is 0.0697 e. The van der Waals surface area contributed by atoms with Crippen molar-refractivity contribution in [3.63, 3.8) is 0 Å². The molecule has 0 aliphatic rings. The van der Waals surface area contributed by atoms with Gasteiger partial charge in [-0.2, -0.15) is 0 Å². The van der Waals surface area contributed by atoms with E-state index in [2.05, 4.69) is 0 Å². The molecule has 0 amide bonds. The molecule has 0 bridgehead atoms. The van der Waals surface area contributed by atoms with E-state index in [4.69, 9.17) is 9.84 Å². The molecule has 0 radical (unpaired) electrons. The lowest BCUT2D eigenvalue weighted by atomic mass is 10.5. The van der Waals surface area contributed by atoms with E-state index in [9.17, 15) is 4.21 Å². The van der Waals surface area contributed by atoms with Crippen molar-refractivity contribution in [3.05, 3.63) is 0 Å². The molecule has 0 heterocycles. The molecule has 0 aliphatic heterocycles. The van der Waals surface area contributed by atoms with Crippen molar-refractivity contribution in [2.24, 2.45) is 0 Å². The van der Waals surface area contributed by atoms with Crippen molar-refractivity contribution in [3.8, 4) is 0 Å². The normalized spacial score (nSPS) is 13.4. The summed E-state index contributed by atoms with van der Waals surface area (Å²) in [6.07, 6.45) is 2.48. The van der Waals surface area contributed by atoms with Crippen LogP contribution in [0.25, 0.3) is 0 Å². The predicted molar refractivity (Wildman–Crippen MR) is 41.5 cm³/mol. The minimum absolute atomic E-state index is 0.0647. The van der Waals surface area contributed by atoms with E-state index in [0.717, 1.165) is 6.42 Å². The van der Waals surface area contributed by atoms with Gasteiger partial charge in [0.2, 0.25) is 0 Å². The van der Waals surface area contributed by atoms with Gasteiger partial charge in [0.25, 0.3) is 0 Å². The minimum atomic E-state index is -0.713. The summed E-state index contributed by atoms with van der Waals surface area (Å²) < 4.78 is 15.4. The second kappa shape index (κ2) is 7.18. The quantitative estimate of drug-likeness (QED) is 0.554. The van der Waals surface area contributed by atoms with E-state index in [-0.39, 0.29) is 6.61 Å². The van der Waals surface area contributed by atoms with E-state index >= 15 is 0 Å². The zero-order valence-electron chi connectivity index (χ0n) is 6.21. The van der Waals surface area contributed by atoms with E-state index in [1.165, 1.54) is 0 Å². The highest BCUT2D eigenvalue weighted by atomic mass is 32.2. The van der Waals surface area contributed by atoms with E-state index < -0.39 is 10.8 Å². The summed E-state index contributed by atoms with van der Waals surface area (Å²) in [7, 11) is -0.713. The van der Waals surface area contributed by atoms with Gasteiger partial charge in [0.15, 0.2) is 0 Å². The fraction of sp³-hybridized carbons (Fsp3) is 1.00. The van der Waals surface area contributed by atoms with Crippen LogP contribution < -0.4 is 0 Å². The maximum absolute atomic E-state index is 10.5. The van der Waals surface area contributed by atoms with Crippen LogP contribution in [0.15, 0.2) is 0 Å². The number of hydrogen-bond acceptors (Lipinski definition) is 3. The Morgan fingerprint density at radius 2 is 2.20 bits per heavy atom. The molecule has 1 N–H and O–H groups in total. The summed E-state index contributed by atoms with van der Waals surface area (Å²) in [6.45, 7) is 1.05. The molecule has 4 heteroatoms. The molecule has 1 unspecified atom stereocenters. The molecule has 0 saturated heterocycles. The van der Waals surface area contributed by atoms with Gasteiger partial charge in [0, 0.05) is 29.4 Å². The van der Waals surface area contributed by atoms with Crippen molar-refractivity contribution < 1.29 is 14.1 Å². The lowest BCUT2D eigenvalue weighted by Crippen LogP contribution is -2.04. The zero-order chi connectivity index (χ0) is 7.82. The molecule has 10 heavy (non-hydrogen) atoms. The number of ether oxygens (including phenoxy) is 1. The first-order chi connectivity index (χ1) is 4.77. The maximum atomic E-state index is 10.5. The highest BCUT2D eigenvalue weighted by Gasteiger charge is 1.90. The Labute approximate surface area is 63.8 Å². The van der Waals surface area contributed by atoms with Crippen LogP contribution in [0.4, 0.5) is 0 Å². The van der Waals surface area contributed by atoms with Crippen molar-refractivity contribution in [2.75, 3.05) is 31.8 Å². The Balaban J connectivity index is 2.84. The first-order valence-corrected chi connectivity index (χ1v) is 4.98. The third-order valence-corrected chi connectivity index (χ3v) is 1.82. The monoisotopic (exact) mass is 166 g/mol. The van der Waals surface area contributed by atoms with Gasteiger partial charge in [0.05, 0.1) is 13.2 Å². The van der Waals surface area contributed by atoms with Crippen molar-refractivity contribution >= 4 is 10.8 Å². The van der Waals surface area contributed by atoms with E-state index in [0.29, 0.717) is 19.0 Å². The minimum Gasteiger partial charge on any atom is -0.394 e. The first kappa shape index (κ1) is 10.1. The molecular formula is C6H14O3S. The molecule has 0 aromatic carbocycles. The SMILES string of the molecule is CS(=O)CCCOCCO. The van der Waals surface area contributed by atoms with Crippen LogP contribution >= 0.6 is 0 Å². The van der Waals surface area contributed by atoms with Crippen molar-refractivity contribution in [1.29, 1.82) is 0 Å². The van der Waals surface area contributed by atoms with Crippen LogP contribution in [0.5, 0.6) is 0 Å². The number of aliphatic hydroxyl groups is 1. The first-order valence-electron chi connectivity index (χ1n) is 3.26. The highest BCUT2D eigenvalue weighted by molar-refractivity contribution is 7.84. The molecule has 0 saturated carbocycles. The number of rotatable bonds is 6. The molecule has 0 rings (SSSR count). The Morgan fingerprint density at radius 3 is 2.70 bits per heavy atom. The van der Waals surface area contributed by atoms with E-state index in [1.54, 1.807) is 6.26 Å². The molecule has 0 aromatic heterocycles. The molecular weight excluding hydrogens is 152 g/mol. The Hall–Kier alpha value is 0.0700. The summed E-state index contributed by atoms with van der Waals surface area (Å²) >= 11 is 0. The van der Waals surface area contributed by atoms with Gasteiger partial charge in [-0.25, -0.2) is 0 Å². The second-order valence-corrected chi connectivity index (χ2v) is 3.52. The van der Waals surface area contributed by atoms with E-state index in [1.807, 2.05) is 0 Å². The fourth-order valence-corrected chi connectivity index (χ4v) is 1.06. The average Bonchev–Trinajstić information content (AvgIpc) is 1.87. The molecule has 62 valence electrons. The zero-order valence-corrected chi connectivity index (χ0v) is 7.02. The third-order valence-electron chi connectivity index (χ3n) is 0.956. The third kappa shape index (κ3) is 8.07. The number of hydrogen-bond donors (Lipinski definition) is 1. The summed E-state index contributed by atoms with van der Waals surface area (Å²) in [4.78, 5) is 0. The lowest BCUT2D eigenvalue weighted by molar-refractivity contribution is 0.0932. The van der Waals surface area contributed by atoms with Gasteiger partial charge in [-0.15, -0.1) is 0 Å². The van der Waals surface area contributed by atoms with Crippen LogP contribution in [0.1, 0.15) is 6.42 Å². The molecule has 0 fully saturated rings. The fourth-order valence-electron chi connectivity index (χ4n) is 0.531. The molecule has 0 spiro atoms. The summed E-state index contributed by atoms with van der Waals surface area (Å²) in [5.74, 6) is 0.686. The molecule has 0 aliphatic carbocycles. The number of aliphatic hydroxyl groups excluding tert-OH is 1. The van der Waals surface area contributed by atoms with Crippen LogP contribution in [0, 0.1) is 0 Å². The van der Waals surface area contributed by atoms with Crippen LogP contribution in [-0.2, 0) is 15.5 Å². The van der Waals surface area contributed by atoms with Gasteiger partial charge in [-0.1, -0.05) is 0 Å². The largest absolute Gasteiger partial charge is 0.394 e. The maximum Gasteiger partial charge on any atom is 0.0697 e. The average molecular weight is 166 g/mol. The standard InChI is InChI=1S/C6H14O3S/c1-10(8)6-2-4-9-5-3-7/h7H,2-6H2,1H3. The molecule has 0 aromatic rings. The topological polar surface area (TPSA) is 46.5 Å². The Bertz CT molecular complexity index is 95.0. The predicted octanol–water partition coefficient (Wildman–Crippen LogP) is -0.236. The molecule has 1 atom stereocenters. The van der Waals surface area contributed by atoms with Gasteiger partial charge < -0.3 is 9.84 Å². The van der Waals surface area contributed by atoms with Crippen LogP contribution in [0.2, 0.25) is 0 Å². The van der Waals surface area contributed by atoms with Crippen molar-refractivity contribution in [1.82, 2.24) is 0 Å². The Morgan fingerprint density at radius 1 is 1.50 bits per heavy atom. The summed E-state index contributed by atoms with van der Waals surface area (Å²) in [5, 5.41) is 8.29. The van der Waals surface area contributed by atoms with Gasteiger partial charge in [-0.05, 0) is 6.42 Å². The highest BCUT2D eigenvalue weighted by Crippen LogP contribution is 1.84.